The first kappa shape index (κ1) is 18.0. The fourth-order valence-corrected chi connectivity index (χ4v) is 3.62. The Morgan fingerprint density at radius 3 is 2.64 bits per heavy atom. The van der Waals surface area contributed by atoms with Gasteiger partial charge in [0.1, 0.15) is 5.75 Å². The van der Waals surface area contributed by atoms with Gasteiger partial charge in [-0.05, 0) is 62.4 Å². The third-order valence-corrected chi connectivity index (χ3v) is 5.12. The van der Waals surface area contributed by atoms with Crippen LogP contribution in [-0.4, -0.2) is 42.4 Å². The van der Waals surface area contributed by atoms with Crippen LogP contribution in [0.1, 0.15) is 29.5 Å². The highest BCUT2D eigenvalue weighted by molar-refractivity contribution is 5.38. The molecular formula is C22H29NO2. The number of likely N-dealkylation sites (tertiary alicyclic amines) is 1. The van der Waals surface area contributed by atoms with Crippen LogP contribution in [0.15, 0.2) is 48.5 Å². The topological polar surface area (TPSA) is 32.7 Å². The van der Waals surface area contributed by atoms with Crippen molar-refractivity contribution in [3.05, 3.63) is 65.2 Å². The Bertz CT molecular complexity index is 671. The molecule has 0 radical (unpaired) electrons. The van der Waals surface area contributed by atoms with E-state index >= 15 is 0 Å². The smallest absolute Gasteiger partial charge is 0.122 e. The second-order valence-corrected chi connectivity index (χ2v) is 7.22. The second-order valence-electron chi connectivity index (χ2n) is 7.22. The molecule has 1 fully saturated rings. The lowest BCUT2D eigenvalue weighted by Crippen LogP contribution is -2.26. The van der Waals surface area contributed by atoms with Gasteiger partial charge >= 0.3 is 0 Å². The molecule has 3 nitrogen and oxygen atoms in total. The molecule has 0 spiro atoms. The van der Waals surface area contributed by atoms with E-state index in [1.807, 2.05) is 0 Å². The predicted octanol–water partition coefficient (Wildman–Crippen LogP) is 3.61. The number of hydrogen-bond donors (Lipinski definition) is 1. The van der Waals surface area contributed by atoms with E-state index in [1.165, 1.54) is 16.7 Å². The summed E-state index contributed by atoms with van der Waals surface area (Å²) in [4.78, 5) is 2.24. The van der Waals surface area contributed by atoms with Crippen LogP contribution >= 0.6 is 0 Å². The number of aryl methyl sites for hydroxylation is 3. The molecule has 1 N–H and O–H groups in total. The average Bonchev–Trinajstić information content (AvgIpc) is 2.92. The van der Waals surface area contributed by atoms with Gasteiger partial charge in [0, 0.05) is 12.6 Å². The zero-order valence-electron chi connectivity index (χ0n) is 15.3. The molecule has 2 aromatic rings. The molecule has 134 valence electrons. The van der Waals surface area contributed by atoms with Crippen molar-refractivity contribution in [2.45, 2.75) is 44.8 Å². The molecule has 0 saturated carbocycles. The largest absolute Gasteiger partial charge is 0.493 e. The van der Waals surface area contributed by atoms with E-state index in [0.717, 1.165) is 38.0 Å². The third kappa shape index (κ3) is 5.07. The fraction of sp³-hybridized carbons (Fsp3) is 0.455. The number of nitrogens with zero attached hydrogens (tertiary/aromatic N) is 1. The fourth-order valence-electron chi connectivity index (χ4n) is 3.62. The summed E-state index contributed by atoms with van der Waals surface area (Å²) in [6, 6.07) is 17.5. The van der Waals surface area contributed by atoms with Crippen LogP contribution in [0.5, 0.6) is 5.75 Å². The molecule has 1 aliphatic heterocycles. The summed E-state index contributed by atoms with van der Waals surface area (Å²) in [6.45, 7) is 3.58. The number of likely N-dealkylation sites (N-methyl/N-ethyl adjacent to an activating group) is 1. The summed E-state index contributed by atoms with van der Waals surface area (Å²) < 4.78 is 6.14. The lowest BCUT2D eigenvalue weighted by molar-refractivity contribution is 0.182. The Labute approximate surface area is 151 Å². The zero-order chi connectivity index (χ0) is 17.6. The number of aliphatic hydroxyl groups is 1. The van der Waals surface area contributed by atoms with E-state index in [-0.39, 0.29) is 6.10 Å². The quantitative estimate of drug-likeness (QED) is 0.836. The number of aliphatic hydroxyl groups excluding tert-OH is 1. The van der Waals surface area contributed by atoms with Crippen LogP contribution in [0.3, 0.4) is 0 Å². The molecule has 0 unspecified atom stereocenters. The standard InChI is InChI=1S/C22H29NO2/c1-17-8-10-19(11-9-18-6-4-3-5-7-18)22(14-17)25-13-12-20-15-21(24)16-23(20)2/h3-8,10,14,20-21,24H,9,11-13,15-16H2,1-2H3/t20-,21-/m1/s1. The lowest BCUT2D eigenvalue weighted by Gasteiger charge is -2.19. The maximum Gasteiger partial charge on any atom is 0.122 e. The van der Waals surface area contributed by atoms with E-state index in [0.29, 0.717) is 12.6 Å². The van der Waals surface area contributed by atoms with Gasteiger partial charge in [-0.2, -0.15) is 0 Å². The van der Waals surface area contributed by atoms with E-state index in [1.54, 1.807) is 0 Å². The highest BCUT2D eigenvalue weighted by Gasteiger charge is 2.27. The van der Waals surface area contributed by atoms with Crippen LogP contribution in [0.4, 0.5) is 0 Å². The van der Waals surface area contributed by atoms with Gasteiger partial charge in [-0.3, -0.25) is 0 Å². The van der Waals surface area contributed by atoms with Crippen molar-refractivity contribution >= 4 is 0 Å². The Morgan fingerprint density at radius 1 is 1.12 bits per heavy atom. The monoisotopic (exact) mass is 339 g/mol. The Kier molecular flexibility index (Phi) is 6.11. The van der Waals surface area contributed by atoms with Gasteiger partial charge in [-0.25, -0.2) is 0 Å². The predicted molar refractivity (Wildman–Crippen MR) is 102 cm³/mol. The van der Waals surface area contributed by atoms with Crippen molar-refractivity contribution < 1.29 is 9.84 Å². The van der Waals surface area contributed by atoms with Crippen molar-refractivity contribution in [1.82, 2.24) is 4.90 Å². The van der Waals surface area contributed by atoms with Gasteiger partial charge in [0.25, 0.3) is 0 Å². The minimum Gasteiger partial charge on any atom is -0.493 e. The molecular weight excluding hydrogens is 310 g/mol. The average molecular weight is 339 g/mol. The van der Waals surface area contributed by atoms with Crippen molar-refractivity contribution in [2.24, 2.45) is 0 Å². The zero-order valence-corrected chi connectivity index (χ0v) is 15.3. The summed E-state index contributed by atoms with van der Waals surface area (Å²) in [5.41, 5.74) is 3.86. The van der Waals surface area contributed by atoms with Crippen LogP contribution in [-0.2, 0) is 12.8 Å². The van der Waals surface area contributed by atoms with E-state index in [9.17, 15) is 5.11 Å². The molecule has 1 aliphatic rings. The first-order valence-electron chi connectivity index (χ1n) is 9.26. The molecule has 3 heteroatoms. The summed E-state index contributed by atoms with van der Waals surface area (Å²) >= 11 is 0. The van der Waals surface area contributed by atoms with Gasteiger partial charge in [0.2, 0.25) is 0 Å². The van der Waals surface area contributed by atoms with Crippen LogP contribution in [0.2, 0.25) is 0 Å². The van der Waals surface area contributed by atoms with Gasteiger partial charge in [-0.15, -0.1) is 0 Å². The first-order chi connectivity index (χ1) is 12.1. The van der Waals surface area contributed by atoms with Gasteiger partial charge < -0.3 is 14.7 Å². The van der Waals surface area contributed by atoms with Crippen molar-refractivity contribution in [3.63, 3.8) is 0 Å². The second kappa shape index (κ2) is 8.50. The normalized spacial score (nSPS) is 20.8. The summed E-state index contributed by atoms with van der Waals surface area (Å²) in [6.07, 6.45) is 3.64. The number of hydrogen-bond acceptors (Lipinski definition) is 3. The summed E-state index contributed by atoms with van der Waals surface area (Å²) in [5.74, 6) is 1.01. The minimum absolute atomic E-state index is 0.185. The molecule has 25 heavy (non-hydrogen) atoms. The molecule has 0 bridgehead atoms. The van der Waals surface area contributed by atoms with Crippen LogP contribution in [0, 0.1) is 6.92 Å². The number of ether oxygens (including phenoxy) is 1. The molecule has 0 aromatic heterocycles. The number of rotatable bonds is 7. The Morgan fingerprint density at radius 2 is 1.92 bits per heavy atom. The SMILES string of the molecule is Cc1ccc(CCc2ccccc2)c(OCC[C@@H]2C[C@@H](O)CN2C)c1. The third-order valence-electron chi connectivity index (χ3n) is 5.12. The van der Waals surface area contributed by atoms with E-state index in [2.05, 4.69) is 67.4 Å². The van der Waals surface area contributed by atoms with Gasteiger partial charge in [-0.1, -0.05) is 42.5 Å². The lowest BCUT2D eigenvalue weighted by atomic mass is 10.0. The Balaban J connectivity index is 1.57. The summed E-state index contributed by atoms with van der Waals surface area (Å²) in [5, 5.41) is 9.76. The van der Waals surface area contributed by atoms with Crippen molar-refractivity contribution in [2.75, 3.05) is 20.2 Å². The number of β-amino-alcohol motifs (C(OH)–C–C–N with tert-alkyl or cyclic N) is 1. The van der Waals surface area contributed by atoms with Crippen LogP contribution < -0.4 is 4.74 Å². The highest BCUT2D eigenvalue weighted by Crippen LogP contribution is 2.24. The summed E-state index contributed by atoms with van der Waals surface area (Å²) in [7, 11) is 2.08. The maximum absolute atomic E-state index is 9.76. The molecule has 0 aliphatic carbocycles. The highest BCUT2D eigenvalue weighted by atomic mass is 16.5. The molecule has 3 rings (SSSR count). The molecule has 1 saturated heterocycles. The van der Waals surface area contributed by atoms with Crippen molar-refractivity contribution in [3.8, 4) is 5.75 Å². The van der Waals surface area contributed by atoms with Crippen molar-refractivity contribution in [1.29, 1.82) is 0 Å². The molecule has 2 aromatic carbocycles. The molecule has 2 atom stereocenters. The van der Waals surface area contributed by atoms with Crippen LogP contribution in [0.25, 0.3) is 0 Å². The first-order valence-corrected chi connectivity index (χ1v) is 9.26. The maximum atomic E-state index is 9.76. The van der Waals surface area contributed by atoms with E-state index < -0.39 is 0 Å². The number of benzene rings is 2. The molecule has 0 amide bonds. The van der Waals surface area contributed by atoms with Gasteiger partial charge in [0.15, 0.2) is 0 Å². The van der Waals surface area contributed by atoms with E-state index in [4.69, 9.17) is 4.74 Å². The van der Waals surface area contributed by atoms with Gasteiger partial charge in [0.05, 0.1) is 12.7 Å². The molecule has 1 heterocycles. The minimum atomic E-state index is -0.185. The Hall–Kier alpha value is -1.84.